The highest BCUT2D eigenvalue weighted by atomic mass is 32.1. The predicted molar refractivity (Wildman–Crippen MR) is 106 cm³/mol. The third-order valence-electron chi connectivity index (χ3n) is 3.52. The molecule has 2 heterocycles. The summed E-state index contributed by atoms with van der Waals surface area (Å²) in [5, 5.41) is 6.76. The molecular weight excluding hydrogens is 332 g/mol. The molecule has 0 saturated heterocycles. The van der Waals surface area contributed by atoms with Crippen molar-refractivity contribution in [1.29, 1.82) is 0 Å². The molecule has 136 valence electrons. The van der Waals surface area contributed by atoms with Crippen molar-refractivity contribution in [3.05, 3.63) is 45.8 Å². The van der Waals surface area contributed by atoms with Crippen LogP contribution in [0.15, 0.2) is 35.5 Å². The molecular formula is C19H28N4OS. The Morgan fingerprint density at radius 3 is 2.60 bits per heavy atom. The van der Waals surface area contributed by atoms with Crippen LogP contribution >= 0.6 is 11.3 Å². The first-order valence-electron chi connectivity index (χ1n) is 8.60. The van der Waals surface area contributed by atoms with E-state index in [0.29, 0.717) is 18.5 Å². The second-order valence-electron chi connectivity index (χ2n) is 6.36. The number of ether oxygens (including phenoxy) is 1. The van der Waals surface area contributed by atoms with Crippen molar-refractivity contribution in [1.82, 2.24) is 15.6 Å². The van der Waals surface area contributed by atoms with Gasteiger partial charge in [0.1, 0.15) is 0 Å². The average Bonchev–Trinajstić information content (AvgIpc) is 2.97. The minimum atomic E-state index is 0.133. The first-order valence-corrected chi connectivity index (χ1v) is 9.42. The van der Waals surface area contributed by atoms with Gasteiger partial charge in [0, 0.05) is 48.1 Å². The van der Waals surface area contributed by atoms with Crippen LogP contribution in [0.4, 0.5) is 0 Å². The Hall–Kier alpha value is -2.08. The molecule has 0 bridgehead atoms. The quantitative estimate of drug-likeness (QED) is 0.586. The normalized spacial score (nSPS) is 13.0. The highest BCUT2D eigenvalue weighted by Crippen LogP contribution is 2.16. The summed E-state index contributed by atoms with van der Waals surface area (Å²) in [5.74, 6) is 1.45. The second-order valence-corrected chi connectivity index (χ2v) is 7.73. The summed E-state index contributed by atoms with van der Waals surface area (Å²) in [5.41, 5.74) is 1.08. The molecule has 2 aromatic rings. The molecule has 0 saturated carbocycles. The molecule has 2 N–H and O–H groups in total. The van der Waals surface area contributed by atoms with E-state index in [2.05, 4.69) is 46.6 Å². The van der Waals surface area contributed by atoms with Gasteiger partial charge in [-0.3, -0.25) is 4.99 Å². The number of aromatic nitrogens is 1. The molecule has 0 aromatic carbocycles. The number of pyridine rings is 1. The number of hydrogen-bond acceptors (Lipinski definition) is 4. The van der Waals surface area contributed by atoms with E-state index in [-0.39, 0.29) is 6.10 Å². The fourth-order valence-electron chi connectivity index (χ4n) is 2.39. The maximum absolute atomic E-state index is 5.56. The number of guanidine groups is 1. The fraction of sp³-hybridized carbons (Fsp3) is 0.474. The van der Waals surface area contributed by atoms with Gasteiger partial charge in [0.05, 0.1) is 6.10 Å². The number of nitrogens with one attached hydrogen (secondary N) is 2. The van der Waals surface area contributed by atoms with E-state index in [1.165, 1.54) is 9.75 Å². The Labute approximate surface area is 154 Å². The van der Waals surface area contributed by atoms with Gasteiger partial charge in [0.15, 0.2) is 5.96 Å². The third kappa shape index (κ3) is 6.74. The summed E-state index contributed by atoms with van der Waals surface area (Å²) in [7, 11) is 1.79. The molecule has 0 fully saturated rings. The number of nitrogens with zero attached hydrogens (tertiary/aromatic N) is 2. The maximum atomic E-state index is 5.56. The molecule has 2 rings (SSSR count). The predicted octanol–water partition coefficient (Wildman–Crippen LogP) is 3.53. The van der Waals surface area contributed by atoms with Crippen molar-refractivity contribution in [2.75, 3.05) is 7.05 Å². The Balaban J connectivity index is 1.81. The third-order valence-corrected chi connectivity index (χ3v) is 4.55. The van der Waals surface area contributed by atoms with Gasteiger partial charge in [0.25, 0.3) is 0 Å². The highest BCUT2D eigenvalue weighted by molar-refractivity contribution is 7.11. The molecule has 1 unspecified atom stereocenters. The van der Waals surface area contributed by atoms with Gasteiger partial charge in [-0.2, -0.15) is 0 Å². The van der Waals surface area contributed by atoms with Crippen LogP contribution in [0.2, 0.25) is 0 Å². The summed E-state index contributed by atoms with van der Waals surface area (Å²) >= 11 is 1.85. The zero-order chi connectivity index (χ0) is 18.2. The lowest BCUT2D eigenvalue weighted by Gasteiger charge is -2.17. The number of thiophene rings is 1. The lowest BCUT2D eigenvalue weighted by atomic mass is 10.2. The minimum Gasteiger partial charge on any atom is -0.475 e. The smallest absolute Gasteiger partial charge is 0.213 e. The Bertz CT molecular complexity index is 679. The van der Waals surface area contributed by atoms with Crippen LogP contribution in [-0.2, 0) is 13.0 Å². The Kier molecular flexibility index (Phi) is 7.25. The van der Waals surface area contributed by atoms with E-state index in [0.717, 1.165) is 17.9 Å². The summed E-state index contributed by atoms with van der Waals surface area (Å²) in [6.07, 6.45) is 2.95. The number of hydrogen-bond donors (Lipinski definition) is 2. The van der Waals surface area contributed by atoms with E-state index in [4.69, 9.17) is 4.74 Å². The summed E-state index contributed by atoms with van der Waals surface area (Å²) in [6, 6.07) is 8.59. The van der Waals surface area contributed by atoms with E-state index in [1.807, 2.05) is 43.5 Å². The molecule has 0 aliphatic heterocycles. The molecule has 2 aromatic heterocycles. The van der Waals surface area contributed by atoms with Crippen LogP contribution in [0.25, 0.3) is 0 Å². The second kappa shape index (κ2) is 9.42. The van der Waals surface area contributed by atoms with Crippen LogP contribution < -0.4 is 15.4 Å². The van der Waals surface area contributed by atoms with Gasteiger partial charge in [-0.15, -0.1) is 11.3 Å². The van der Waals surface area contributed by atoms with Crippen LogP contribution in [0.1, 0.15) is 36.1 Å². The van der Waals surface area contributed by atoms with Crippen molar-refractivity contribution < 1.29 is 4.74 Å². The Morgan fingerprint density at radius 1 is 1.24 bits per heavy atom. The van der Waals surface area contributed by atoms with E-state index >= 15 is 0 Å². The zero-order valence-electron chi connectivity index (χ0n) is 15.7. The average molecular weight is 361 g/mol. The minimum absolute atomic E-state index is 0.133. The molecule has 6 heteroatoms. The maximum Gasteiger partial charge on any atom is 0.213 e. The van der Waals surface area contributed by atoms with Gasteiger partial charge < -0.3 is 15.4 Å². The lowest BCUT2D eigenvalue weighted by molar-refractivity contribution is 0.232. The Morgan fingerprint density at radius 2 is 2.04 bits per heavy atom. The molecule has 0 aliphatic rings. The van der Waals surface area contributed by atoms with Crippen molar-refractivity contribution in [2.24, 2.45) is 4.99 Å². The summed E-state index contributed by atoms with van der Waals surface area (Å²) in [4.78, 5) is 11.4. The molecule has 25 heavy (non-hydrogen) atoms. The van der Waals surface area contributed by atoms with E-state index in [1.54, 1.807) is 7.05 Å². The van der Waals surface area contributed by atoms with Gasteiger partial charge in [-0.25, -0.2) is 4.98 Å². The number of rotatable bonds is 7. The molecule has 0 radical (unpaired) electrons. The van der Waals surface area contributed by atoms with Crippen LogP contribution in [0, 0.1) is 6.92 Å². The first-order chi connectivity index (χ1) is 12.0. The molecule has 1 atom stereocenters. The standard InChI is InChI=1S/C19H28N4OS/c1-13(2)24-18-9-7-16(11-21-18)12-22-19(20-5)23-14(3)10-17-8-6-15(4)25-17/h6-9,11,13-14H,10,12H2,1-5H3,(H2,20,22,23). The molecule has 0 aliphatic carbocycles. The van der Waals surface area contributed by atoms with Gasteiger partial charge in [-0.05, 0) is 45.4 Å². The van der Waals surface area contributed by atoms with E-state index < -0.39 is 0 Å². The lowest BCUT2D eigenvalue weighted by Crippen LogP contribution is -2.42. The van der Waals surface area contributed by atoms with Gasteiger partial charge in [-0.1, -0.05) is 6.07 Å². The molecule has 0 spiro atoms. The van der Waals surface area contributed by atoms with Crippen molar-refractivity contribution in [2.45, 2.75) is 52.8 Å². The van der Waals surface area contributed by atoms with Crippen LogP contribution in [0.5, 0.6) is 5.88 Å². The van der Waals surface area contributed by atoms with Crippen LogP contribution in [-0.4, -0.2) is 30.1 Å². The molecule has 0 amide bonds. The van der Waals surface area contributed by atoms with Gasteiger partial charge in [0.2, 0.25) is 5.88 Å². The molecule has 5 nitrogen and oxygen atoms in total. The fourth-order valence-corrected chi connectivity index (χ4v) is 3.41. The van der Waals surface area contributed by atoms with Crippen molar-refractivity contribution >= 4 is 17.3 Å². The van der Waals surface area contributed by atoms with Gasteiger partial charge >= 0.3 is 0 Å². The SMILES string of the molecule is CN=C(NCc1ccc(OC(C)C)nc1)NC(C)Cc1ccc(C)s1. The van der Waals surface area contributed by atoms with Crippen molar-refractivity contribution in [3.63, 3.8) is 0 Å². The summed E-state index contributed by atoms with van der Waals surface area (Å²) in [6.45, 7) is 8.95. The van der Waals surface area contributed by atoms with Crippen molar-refractivity contribution in [3.8, 4) is 5.88 Å². The zero-order valence-corrected chi connectivity index (χ0v) is 16.5. The topological polar surface area (TPSA) is 58.5 Å². The van der Waals surface area contributed by atoms with E-state index in [9.17, 15) is 0 Å². The summed E-state index contributed by atoms with van der Waals surface area (Å²) < 4.78 is 5.56. The largest absolute Gasteiger partial charge is 0.475 e. The first kappa shape index (κ1) is 19.2. The number of aryl methyl sites for hydroxylation is 1. The monoisotopic (exact) mass is 360 g/mol. The van der Waals surface area contributed by atoms with Crippen LogP contribution in [0.3, 0.4) is 0 Å². The number of aliphatic imine (C=N–C) groups is 1. The highest BCUT2D eigenvalue weighted by Gasteiger charge is 2.08.